The number of ether oxygens (including phenoxy) is 1. The number of hydrogen-bond acceptors (Lipinski definition) is 2. The van der Waals surface area contributed by atoms with Crippen molar-refractivity contribution in [2.45, 2.75) is 39.3 Å². The SMILES string of the molecule is CCc1ccc(O[C@H](C)C(=O)N[C@H](C)c2ccccc2)cc1. The fourth-order valence-electron chi connectivity index (χ4n) is 2.22. The zero-order valence-corrected chi connectivity index (χ0v) is 13.4. The summed E-state index contributed by atoms with van der Waals surface area (Å²) in [7, 11) is 0. The van der Waals surface area contributed by atoms with Crippen molar-refractivity contribution in [1.29, 1.82) is 0 Å². The van der Waals surface area contributed by atoms with Crippen LogP contribution in [-0.2, 0) is 11.2 Å². The third kappa shape index (κ3) is 4.35. The largest absolute Gasteiger partial charge is 0.481 e. The molecule has 2 aromatic rings. The summed E-state index contributed by atoms with van der Waals surface area (Å²) < 4.78 is 5.70. The molecule has 2 aromatic carbocycles. The van der Waals surface area contributed by atoms with E-state index in [1.54, 1.807) is 6.92 Å². The second-order valence-electron chi connectivity index (χ2n) is 5.40. The number of nitrogens with one attached hydrogen (secondary N) is 1. The van der Waals surface area contributed by atoms with Crippen molar-refractivity contribution < 1.29 is 9.53 Å². The molecule has 0 aliphatic heterocycles. The lowest BCUT2D eigenvalue weighted by molar-refractivity contribution is -0.127. The molecular formula is C19H23NO2. The average Bonchev–Trinajstić information content (AvgIpc) is 2.56. The van der Waals surface area contributed by atoms with Crippen LogP contribution in [-0.4, -0.2) is 12.0 Å². The molecule has 0 bridgehead atoms. The van der Waals surface area contributed by atoms with Crippen molar-refractivity contribution in [1.82, 2.24) is 5.32 Å². The quantitative estimate of drug-likeness (QED) is 0.878. The molecule has 1 amide bonds. The van der Waals surface area contributed by atoms with Gasteiger partial charge in [0.25, 0.3) is 5.91 Å². The highest BCUT2D eigenvalue weighted by atomic mass is 16.5. The molecular weight excluding hydrogens is 274 g/mol. The second-order valence-corrected chi connectivity index (χ2v) is 5.40. The van der Waals surface area contributed by atoms with E-state index in [9.17, 15) is 4.79 Å². The van der Waals surface area contributed by atoms with E-state index in [1.807, 2.05) is 61.5 Å². The van der Waals surface area contributed by atoms with Crippen LogP contribution in [0.5, 0.6) is 5.75 Å². The molecule has 0 saturated heterocycles. The highest BCUT2D eigenvalue weighted by Gasteiger charge is 2.17. The maximum Gasteiger partial charge on any atom is 0.261 e. The van der Waals surface area contributed by atoms with E-state index in [4.69, 9.17) is 4.74 Å². The lowest BCUT2D eigenvalue weighted by Gasteiger charge is -2.19. The van der Waals surface area contributed by atoms with Crippen LogP contribution in [0.1, 0.15) is 37.9 Å². The molecule has 0 radical (unpaired) electrons. The summed E-state index contributed by atoms with van der Waals surface area (Å²) in [6.07, 6.45) is 0.462. The van der Waals surface area contributed by atoms with Crippen molar-refractivity contribution in [2.75, 3.05) is 0 Å². The lowest BCUT2D eigenvalue weighted by Crippen LogP contribution is -2.37. The van der Waals surface area contributed by atoms with Crippen LogP contribution >= 0.6 is 0 Å². The van der Waals surface area contributed by atoms with Crippen LogP contribution < -0.4 is 10.1 Å². The topological polar surface area (TPSA) is 38.3 Å². The Kier molecular flexibility index (Phi) is 5.59. The van der Waals surface area contributed by atoms with Crippen LogP contribution in [0.25, 0.3) is 0 Å². The highest BCUT2D eigenvalue weighted by Crippen LogP contribution is 2.15. The fourth-order valence-corrected chi connectivity index (χ4v) is 2.22. The molecule has 0 aromatic heterocycles. The van der Waals surface area contributed by atoms with Gasteiger partial charge in [-0.05, 0) is 43.5 Å². The first-order valence-corrected chi connectivity index (χ1v) is 7.71. The van der Waals surface area contributed by atoms with E-state index >= 15 is 0 Å². The minimum atomic E-state index is -0.529. The number of rotatable bonds is 6. The lowest BCUT2D eigenvalue weighted by atomic mass is 10.1. The van der Waals surface area contributed by atoms with Crippen molar-refractivity contribution in [2.24, 2.45) is 0 Å². The molecule has 116 valence electrons. The first-order chi connectivity index (χ1) is 10.6. The van der Waals surface area contributed by atoms with Gasteiger partial charge in [-0.2, -0.15) is 0 Å². The zero-order chi connectivity index (χ0) is 15.9. The Hall–Kier alpha value is -2.29. The van der Waals surface area contributed by atoms with Crippen LogP contribution in [0.3, 0.4) is 0 Å². The van der Waals surface area contributed by atoms with Gasteiger partial charge in [0.05, 0.1) is 6.04 Å². The average molecular weight is 297 g/mol. The molecule has 0 spiro atoms. The van der Waals surface area contributed by atoms with Crippen molar-refractivity contribution in [3.05, 3.63) is 65.7 Å². The van der Waals surface area contributed by atoms with Gasteiger partial charge in [0.15, 0.2) is 6.10 Å². The molecule has 3 nitrogen and oxygen atoms in total. The molecule has 22 heavy (non-hydrogen) atoms. The number of aryl methyl sites for hydroxylation is 1. The number of amides is 1. The van der Waals surface area contributed by atoms with E-state index < -0.39 is 6.10 Å². The van der Waals surface area contributed by atoms with Gasteiger partial charge in [-0.3, -0.25) is 4.79 Å². The van der Waals surface area contributed by atoms with Crippen molar-refractivity contribution >= 4 is 5.91 Å². The minimum Gasteiger partial charge on any atom is -0.481 e. The van der Waals surface area contributed by atoms with E-state index in [1.165, 1.54) is 5.56 Å². The van der Waals surface area contributed by atoms with Gasteiger partial charge in [0, 0.05) is 0 Å². The Bertz CT molecular complexity index is 593. The van der Waals surface area contributed by atoms with Gasteiger partial charge in [0.1, 0.15) is 5.75 Å². The zero-order valence-electron chi connectivity index (χ0n) is 13.4. The van der Waals surface area contributed by atoms with Crippen LogP contribution in [0.2, 0.25) is 0 Å². The van der Waals surface area contributed by atoms with Gasteiger partial charge in [-0.1, -0.05) is 49.4 Å². The van der Waals surface area contributed by atoms with Crippen LogP contribution in [0.4, 0.5) is 0 Å². The van der Waals surface area contributed by atoms with Gasteiger partial charge in [-0.15, -0.1) is 0 Å². The van der Waals surface area contributed by atoms with E-state index in [2.05, 4.69) is 12.2 Å². The Morgan fingerprint density at radius 3 is 2.27 bits per heavy atom. The Morgan fingerprint density at radius 2 is 1.68 bits per heavy atom. The first-order valence-electron chi connectivity index (χ1n) is 7.71. The molecule has 0 saturated carbocycles. The smallest absolute Gasteiger partial charge is 0.261 e. The van der Waals surface area contributed by atoms with Crippen LogP contribution in [0, 0.1) is 0 Å². The first kappa shape index (κ1) is 16.1. The number of carbonyl (C=O) groups excluding carboxylic acids is 1. The molecule has 0 heterocycles. The minimum absolute atomic E-state index is 0.0396. The second kappa shape index (κ2) is 7.64. The normalized spacial score (nSPS) is 13.2. The summed E-state index contributed by atoms with van der Waals surface area (Å²) in [4.78, 5) is 12.2. The summed E-state index contributed by atoms with van der Waals surface area (Å²) in [5.74, 6) is 0.600. The van der Waals surface area contributed by atoms with Crippen molar-refractivity contribution in [3.8, 4) is 5.75 Å². The molecule has 0 unspecified atom stereocenters. The molecule has 2 atom stereocenters. The predicted molar refractivity (Wildman–Crippen MR) is 88.9 cm³/mol. The monoisotopic (exact) mass is 297 g/mol. The molecule has 0 aliphatic carbocycles. The number of benzene rings is 2. The third-order valence-corrected chi connectivity index (χ3v) is 3.67. The van der Waals surface area contributed by atoms with E-state index in [0.717, 1.165) is 12.0 Å². The molecule has 3 heteroatoms. The van der Waals surface area contributed by atoms with Crippen molar-refractivity contribution in [3.63, 3.8) is 0 Å². The summed E-state index contributed by atoms with van der Waals surface area (Å²) in [5.41, 5.74) is 2.33. The van der Waals surface area contributed by atoms with E-state index in [-0.39, 0.29) is 11.9 Å². The standard InChI is InChI=1S/C19H23NO2/c1-4-16-10-12-18(13-11-16)22-15(3)19(21)20-14(2)17-8-6-5-7-9-17/h5-15H,4H2,1-3H3,(H,20,21)/t14-,15-/m1/s1. The Balaban J connectivity index is 1.91. The summed E-state index contributed by atoms with van der Waals surface area (Å²) in [6, 6.07) is 17.7. The third-order valence-electron chi connectivity index (χ3n) is 3.67. The highest BCUT2D eigenvalue weighted by molar-refractivity contribution is 5.81. The molecule has 1 N–H and O–H groups in total. The van der Waals surface area contributed by atoms with Gasteiger partial charge in [0.2, 0.25) is 0 Å². The van der Waals surface area contributed by atoms with Gasteiger partial charge < -0.3 is 10.1 Å². The fraction of sp³-hybridized carbons (Fsp3) is 0.316. The summed E-state index contributed by atoms with van der Waals surface area (Å²) >= 11 is 0. The molecule has 2 rings (SSSR count). The summed E-state index contributed by atoms with van der Waals surface area (Å²) in [5, 5.41) is 2.97. The number of hydrogen-bond donors (Lipinski definition) is 1. The molecule has 0 aliphatic rings. The van der Waals surface area contributed by atoms with Crippen LogP contribution in [0.15, 0.2) is 54.6 Å². The predicted octanol–water partition coefficient (Wildman–Crippen LogP) is 3.89. The summed E-state index contributed by atoms with van der Waals surface area (Å²) in [6.45, 7) is 5.84. The van der Waals surface area contributed by atoms with E-state index in [0.29, 0.717) is 5.75 Å². The van der Waals surface area contributed by atoms with Gasteiger partial charge >= 0.3 is 0 Å². The Morgan fingerprint density at radius 1 is 1.05 bits per heavy atom. The number of carbonyl (C=O) groups is 1. The maximum absolute atomic E-state index is 12.2. The molecule has 0 fully saturated rings. The Labute approximate surface area is 132 Å². The van der Waals surface area contributed by atoms with Gasteiger partial charge in [-0.25, -0.2) is 0 Å². The maximum atomic E-state index is 12.2.